The van der Waals surface area contributed by atoms with Crippen molar-refractivity contribution in [3.63, 3.8) is 0 Å². The van der Waals surface area contributed by atoms with Gasteiger partial charge < -0.3 is 10.2 Å². The highest BCUT2D eigenvalue weighted by atomic mass is 16.2. The van der Waals surface area contributed by atoms with Crippen LogP contribution >= 0.6 is 0 Å². The molecule has 1 aromatic rings. The van der Waals surface area contributed by atoms with Crippen LogP contribution in [0.25, 0.3) is 0 Å². The normalized spacial score (nSPS) is 17.8. The number of amides is 1. The van der Waals surface area contributed by atoms with Crippen molar-refractivity contribution in [2.45, 2.75) is 38.6 Å². The van der Waals surface area contributed by atoms with Crippen LogP contribution in [0.1, 0.15) is 44.2 Å². The van der Waals surface area contributed by atoms with Gasteiger partial charge in [0.25, 0.3) is 0 Å². The lowest BCUT2D eigenvalue weighted by Gasteiger charge is -2.22. The first kappa shape index (κ1) is 14.1. The molecule has 0 spiro atoms. The maximum Gasteiger partial charge on any atom is 0.236 e. The van der Waals surface area contributed by atoms with E-state index in [1.165, 1.54) is 18.4 Å². The molecule has 3 nitrogen and oxygen atoms in total. The van der Waals surface area contributed by atoms with Crippen LogP contribution < -0.4 is 5.32 Å². The summed E-state index contributed by atoms with van der Waals surface area (Å²) in [5.41, 5.74) is 1.23. The van der Waals surface area contributed by atoms with Gasteiger partial charge in [-0.25, -0.2) is 0 Å². The largest absolute Gasteiger partial charge is 0.342 e. The number of benzene rings is 1. The Morgan fingerprint density at radius 2 is 1.79 bits per heavy atom. The summed E-state index contributed by atoms with van der Waals surface area (Å²) >= 11 is 0. The Balaban J connectivity index is 1.79. The average molecular weight is 260 g/mol. The van der Waals surface area contributed by atoms with E-state index >= 15 is 0 Å². The highest BCUT2D eigenvalue weighted by molar-refractivity contribution is 5.78. The Kier molecular flexibility index (Phi) is 5.40. The van der Waals surface area contributed by atoms with Crippen LogP contribution in [0.15, 0.2) is 30.3 Å². The molecule has 1 N–H and O–H groups in total. The molecule has 2 rings (SSSR count). The number of hydrogen-bond acceptors (Lipinski definition) is 2. The number of nitrogens with one attached hydrogen (secondary N) is 1. The monoisotopic (exact) mass is 260 g/mol. The van der Waals surface area contributed by atoms with Gasteiger partial charge in [0.05, 0.1) is 6.54 Å². The second-order valence-electron chi connectivity index (χ2n) is 5.31. The van der Waals surface area contributed by atoms with Crippen LogP contribution in [0, 0.1) is 0 Å². The first-order valence-electron chi connectivity index (χ1n) is 7.33. The van der Waals surface area contributed by atoms with Crippen molar-refractivity contribution in [1.29, 1.82) is 0 Å². The summed E-state index contributed by atoms with van der Waals surface area (Å²) in [5.74, 6) is 0.240. The van der Waals surface area contributed by atoms with Crippen LogP contribution in [0.2, 0.25) is 0 Å². The summed E-state index contributed by atoms with van der Waals surface area (Å²) in [6.45, 7) is 4.40. The minimum absolute atomic E-state index is 0.220. The van der Waals surface area contributed by atoms with E-state index in [2.05, 4.69) is 24.4 Å². The van der Waals surface area contributed by atoms with E-state index in [9.17, 15) is 4.79 Å². The van der Waals surface area contributed by atoms with Crippen LogP contribution in [0.4, 0.5) is 0 Å². The third-order valence-electron chi connectivity index (χ3n) is 3.82. The van der Waals surface area contributed by atoms with Crippen molar-refractivity contribution in [2.24, 2.45) is 0 Å². The molecule has 1 unspecified atom stereocenters. The maximum atomic E-state index is 12.2. The molecule has 19 heavy (non-hydrogen) atoms. The van der Waals surface area contributed by atoms with Crippen LogP contribution in [-0.4, -0.2) is 30.4 Å². The number of carbonyl (C=O) groups is 1. The molecule has 1 aliphatic rings. The van der Waals surface area contributed by atoms with E-state index in [1.54, 1.807) is 0 Å². The van der Waals surface area contributed by atoms with Crippen LogP contribution in [-0.2, 0) is 4.79 Å². The summed E-state index contributed by atoms with van der Waals surface area (Å²) in [6.07, 6.45) is 4.83. The van der Waals surface area contributed by atoms with Gasteiger partial charge in [0, 0.05) is 19.1 Å². The van der Waals surface area contributed by atoms with E-state index in [0.717, 1.165) is 25.9 Å². The number of nitrogens with zero attached hydrogens (tertiary/aromatic N) is 1. The van der Waals surface area contributed by atoms with Crippen molar-refractivity contribution in [3.05, 3.63) is 35.9 Å². The van der Waals surface area contributed by atoms with Crippen LogP contribution in [0.3, 0.4) is 0 Å². The van der Waals surface area contributed by atoms with Crippen molar-refractivity contribution < 1.29 is 4.79 Å². The first-order chi connectivity index (χ1) is 9.27. The quantitative estimate of drug-likeness (QED) is 0.903. The Labute approximate surface area is 116 Å². The molecule has 1 aliphatic heterocycles. The lowest BCUT2D eigenvalue weighted by Crippen LogP contribution is -2.39. The smallest absolute Gasteiger partial charge is 0.236 e. The molecule has 1 amide bonds. The number of likely N-dealkylation sites (tertiary alicyclic amines) is 1. The lowest BCUT2D eigenvalue weighted by atomic mass is 10.1. The molecule has 1 fully saturated rings. The Bertz CT molecular complexity index is 383. The van der Waals surface area contributed by atoms with E-state index in [4.69, 9.17) is 0 Å². The number of rotatable bonds is 4. The molecule has 0 aliphatic carbocycles. The fraction of sp³-hybridized carbons (Fsp3) is 0.562. The standard InChI is InChI=1S/C16H24N2O/c1-14(15-9-5-4-6-10-15)17-13-16(19)18-11-7-2-3-8-12-18/h4-6,9-10,14,17H,2-3,7-8,11-13H2,1H3. The summed E-state index contributed by atoms with van der Waals surface area (Å²) in [5, 5.41) is 3.33. The van der Waals surface area contributed by atoms with Gasteiger partial charge in [-0.3, -0.25) is 4.79 Å². The molecule has 0 radical (unpaired) electrons. The molecular weight excluding hydrogens is 236 g/mol. The Morgan fingerprint density at radius 3 is 2.42 bits per heavy atom. The molecule has 0 saturated carbocycles. The lowest BCUT2D eigenvalue weighted by molar-refractivity contribution is -0.130. The average Bonchev–Trinajstić information content (AvgIpc) is 2.74. The van der Waals surface area contributed by atoms with Crippen molar-refractivity contribution in [1.82, 2.24) is 10.2 Å². The van der Waals surface area contributed by atoms with Gasteiger partial charge in [0.2, 0.25) is 5.91 Å². The topological polar surface area (TPSA) is 32.3 Å². The van der Waals surface area contributed by atoms with Crippen molar-refractivity contribution in [3.8, 4) is 0 Å². The minimum Gasteiger partial charge on any atom is -0.342 e. The molecule has 1 atom stereocenters. The van der Waals surface area contributed by atoms with Gasteiger partial charge in [0.1, 0.15) is 0 Å². The van der Waals surface area contributed by atoms with Crippen molar-refractivity contribution in [2.75, 3.05) is 19.6 Å². The third-order valence-corrected chi connectivity index (χ3v) is 3.82. The zero-order valence-corrected chi connectivity index (χ0v) is 11.8. The molecular formula is C16H24N2O. The summed E-state index contributed by atoms with van der Waals surface area (Å²) < 4.78 is 0. The SMILES string of the molecule is CC(NCC(=O)N1CCCCCC1)c1ccccc1. The molecule has 1 heterocycles. The second kappa shape index (κ2) is 7.29. The van der Waals surface area contributed by atoms with Crippen LogP contribution in [0.5, 0.6) is 0 Å². The molecule has 3 heteroatoms. The van der Waals surface area contributed by atoms with Gasteiger partial charge in [-0.15, -0.1) is 0 Å². The van der Waals surface area contributed by atoms with Crippen molar-refractivity contribution >= 4 is 5.91 Å². The predicted molar refractivity (Wildman–Crippen MR) is 77.9 cm³/mol. The van der Waals surface area contributed by atoms with Gasteiger partial charge in [-0.2, -0.15) is 0 Å². The summed E-state index contributed by atoms with van der Waals surface area (Å²) in [7, 11) is 0. The van der Waals surface area contributed by atoms with E-state index in [1.807, 2.05) is 23.1 Å². The van der Waals surface area contributed by atoms with Gasteiger partial charge in [0.15, 0.2) is 0 Å². The number of carbonyl (C=O) groups excluding carboxylic acids is 1. The highest BCUT2D eigenvalue weighted by Gasteiger charge is 2.16. The third kappa shape index (κ3) is 4.35. The molecule has 1 saturated heterocycles. The number of hydrogen-bond donors (Lipinski definition) is 1. The first-order valence-corrected chi connectivity index (χ1v) is 7.33. The predicted octanol–water partition coefficient (Wildman–Crippen LogP) is 2.74. The fourth-order valence-corrected chi connectivity index (χ4v) is 2.53. The molecule has 0 aromatic heterocycles. The Morgan fingerprint density at radius 1 is 1.16 bits per heavy atom. The van der Waals surface area contributed by atoms with Gasteiger partial charge >= 0.3 is 0 Å². The fourth-order valence-electron chi connectivity index (χ4n) is 2.53. The molecule has 104 valence electrons. The maximum absolute atomic E-state index is 12.2. The van der Waals surface area contributed by atoms with E-state index in [0.29, 0.717) is 6.54 Å². The summed E-state index contributed by atoms with van der Waals surface area (Å²) in [4.78, 5) is 14.2. The van der Waals surface area contributed by atoms with E-state index in [-0.39, 0.29) is 11.9 Å². The highest BCUT2D eigenvalue weighted by Crippen LogP contribution is 2.12. The Hall–Kier alpha value is -1.35. The zero-order valence-electron chi connectivity index (χ0n) is 11.8. The molecule has 0 bridgehead atoms. The van der Waals surface area contributed by atoms with Gasteiger partial charge in [-0.1, -0.05) is 43.2 Å². The minimum atomic E-state index is 0.220. The second-order valence-corrected chi connectivity index (χ2v) is 5.31. The summed E-state index contributed by atoms with van der Waals surface area (Å²) in [6, 6.07) is 10.5. The van der Waals surface area contributed by atoms with E-state index < -0.39 is 0 Å². The van der Waals surface area contributed by atoms with Gasteiger partial charge in [-0.05, 0) is 25.3 Å². The molecule has 1 aromatic carbocycles. The zero-order chi connectivity index (χ0) is 13.5.